The van der Waals surface area contributed by atoms with Gasteiger partial charge in [0.25, 0.3) is 0 Å². The van der Waals surface area contributed by atoms with Crippen molar-refractivity contribution in [2.24, 2.45) is 0 Å². The van der Waals surface area contributed by atoms with Gasteiger partial charge in [-0.3, -0.25) is 0 Å². The molecule has 1 unspecified atom stereocenters. The van der Waals surface area contributed by atoms with E-state index < -0.39 is 0 Å². The highest BCUT2D eigenvalue weighted by Crippen LogP contribution is 2.23. The lowest BCUT2D eigenvalue weighted by molar-refractivity contribution is 0.135. The van der Waals surface area contributed by atoms with Crippen molar-refractivity contribution >= 4 is 5.69 Å². The summed E-state index contributed by atoms with van der Waals surface area (Å²) in [5.41, 5.74) is 0.949. The number of hydrogen-bond donors (Lipinski definition) is 2. The first kappa shape index (κ1) is 14.2. The van der Waals surface area contributed by atoms with Crippen LogP contribution in [0.5, 0.6) is 5.75 Å². The Morgan fingerprint density at radius 2 is 2.05 bits per heavy atom. The van der Waals surface area contributed by atoms with Crippen LogP contribution in [0.1, 0.15) is 19.8 Å². The number of rotatable bonds is 7. The van der Waals surface area contributed by atoms with E-state index in [4.69, 9.17) is 4.74 Å². The van der Waals surface area contributed by atoms with Crippen molar-refractivity contribution in [1.29, 1.82) is 0 Å². The first-order valence-electron chi connectivity index (χ1n) is 7.15. The molecule has 0 bridgehead atoms. The molecular weight excluding hydrogens is 240 g/mol. The molecule has 0 aliphatic carbocycles. The van der Waals surface area contributed by atoms with Gasteiger partial charge in [0.2, 0.25) is 0 Å². The summed E-state index contributed by atoms with van der Waals surface area (Å²) in [7, 11) is 0. The van der Waals surface area contributed by atoms with Crippen molar-refractivity contribution in [2.75, 3.05) is 38.1 Å². The molecule has 1 aliphatic heterocycles. The number of β-amino-alcohol motifs (C(OH)–C–C–N with tert-alkyl or cyclic N) is 1. The molecule has 2 N–H and O–H groups in total. The fourth-order valence-corrected chi connectivity index (χ4v) is 2.45. The van der Waals surface area contributed by atoms with E-state index in [1.54, 1.807) is 0 Å². The molecule has 1 aromatic rings. The standard InChI is InChI=1S/C15H24N2O2/c1-2-19-15-8-4-3-7-14(15)16-11-13(18)12-17-9-5-6-10-17/h3-4,7-8,13,16,18H,2,5-6,9-12H2,1H3. The molecule has 0 aromatic heterocycles. The third-order valence-electron chi connectivity index (χ3n) is 3.38. The Morgan fingerprint density at radius 1 is 1.32 bits per heavy atom. The van der Waals surface area contributed by atoms with E-state index >= 15 is 0 Å². The van der Waals surface area contributed by atoms with Crippen LogP contribution in [-0.2, 0) is 0 Å². The molecule has 0 radical (unpaired) electrons. The normalized spacial score (nSPS) is 17.4. The van der Waals surface area contributed by atoms with Crippen molar-refractivity contribution in [1.82, 2.24) is 4.90 Å². The van der Waals surface area contributed by atoms with Crippen molar-refractivity contribution in [3.8, 4) is 5.75 Å². The zero-order valence-electron chi connectivity index (χ0n) is 11.6. The van der Waals surface area contributed by atoms with Gasteiger partial charge >= 0.3 is 0 Å². The van der Waals surface area contributed by atoms with Gasteiger partial charge < -0.3 is 20.1 Å². The number of aliphatic hydroxyl groups excluding tert-OH is 1. The van der Waals surface area contributed by atoms with Crippen LogP contribution in [0.15, 0.2) is 24.3 Å². The van der Waals surface area contributed by atoms with Crippen LogP contribution in [0.3, 0.4) is 0 Å². The predicted octanol–water partition coefficient (Wildman–Crippen LogP) is 1.95. The minimum Gasteiger partial charge on any atom is -0.492 e. The van der Waals surface area contributed by atoms with Crippen LogP contribution in [0.4, 0.5) is 5.69 Å². The molecule has 1 atom stereocenters. The fourth-order valence-electron chi connectivity index (χ4n) is 2.45. The molecular formula is C15H24N2O2. The maximum atomic E-state index is 10.0. The first-order valence-corrected chi connectivity index (χ1v) is 7.15. The van der Waals surface area contributed by atoms with Crippen LogP contribution in [0.25, 0.3) is 0 Å². The highest BCUT2D eigenvalue weighted by atomic mass is 16.5. The van der Waals surface area contributed by atoms with Gasteiger partial charge in [0, 0.05) is 13.1 Å². The second-order valence-electron chi connectivity index (χ2n) is 4.97. The Hall–Kier alpha value is -1.26. The Morgan fingerprint density at radius 3 is 2.79 bits per heavy atom. The zero-order chi connectivity index (χ0) is 13.5. The Labute approximate surface area is 115 Å². The molecule has 0 spiro atoms. The molecule has 0 amide bonds. The lowest BCUT2D eigenvalue weighted by Gasteiger charge is -2.20. The molecule has 2 rings (SSSR count). The topological polar surface area (TPSA) is 44.7 Å². The molecule has 4 heteroatoms. The monoisotopic (exact) mass is 264 g/mol. The van der Waals surface area contributed by atoms with E-state index in [1.165, 1.54) is 12.8 Å². The molecule has 1 aromatic carbocycles. The lowest BCUT2D eigenvalue weighted by Crippen LogP contribution is -2.34. The van der Waals surface area contributed by atoms with Gasteiger partial charge in [0.15, 0.2) is 0 Å². The van der Waals surface area contributed by atoms with Crippen molar-refractivity contribution in [3.05, 3.63) is 24.3 Å². The van der Waals surface area contributed by atoms with Gasteiger partial charge in [-0.15, -0.1) is 0 Å². The van der Waals surface area contributed by atoms with E-state index in [1.807, 2.05) is 31.2 Å². The van der Waals surface area contributed by atoms with Crippen LogP contribution >= 0.6 is 0 Å². The van der Waals surface area contributed by atoms with Gasteiger partial charge in [-0.2, -0.15) is 0 Å². The summed E-state index contributed by atoms with van der Waals surface area (Å²) < 4.78 is 5.55. The van der Waals surface area contributed by atoms with Gasteiger partial charge in [-0.25, -0.2) is 0 Å². The van der Waals surface area contributed by atoms with Crippen LogP contribution in [0, 0.1) is 0 Å². The largest absolute Gasteiger partial charge is 0.492 e. The Kier molecular flexibility index (Phi) is 5.48. The van der Waals surface area contributed by atoms with E-state index in [0.29, 0.717) is 13.2 Å². The first-order chi connectivity index (χ1) is 9.29. The van der Waals surface area contributed by atoms with Crippen molar-refractivity contribution < 1.29 is 9.84 Å². The number of ether oxygens (including phenoxy) is 1. The summed E-state index contributed by atoms with van der Waals surface area (Å²) in [4.78, 5) is 2.32. The number of anilines is 1. The SMILES string of the molecule is CCOc1ccccc1NCC(O)CN1CCCC1. The number of hydrogen-bond acceptors (Lipinski definition) is 4. The molecule has 0 saturated carbocycles. The average molecular weight is 264 g/mol. The third kappa shape index (κ3) is 4.40. The van der Waals surface area contributed by atoms with Gasteiger partial charge in [0.1, 0.15) is 5.75 Å². The lowest BCUT2D eigenvalue weighted by atomic mass is 10.2. The summed E-state index contributed by atoms with van der Waals surface area (Å²) >= 11 is 0. The smallest absolute Gasteiger partial charge is 0.142 e. The summed E-state index contributed by atoms with van der Waals surface area (Å²) in [5.74, 6) is 0.846. The minimum absolute atomic E-state index is 0.340. The fraction of sp³-hybridized carbons (Fsp3) is 0.600. The van der Waals surface area contributed by atoms with E-state index in [0.717, 1.165) is 31.1 Å². The predicted molar refractivity (Wildman–Crippen MR) is 77.8 cm³/mol. The van der Waals surface area contributed by atoms with Crippen LogP contribution in [0.2, 0.25) is 0 Å². The number of aliphatic hydroxyl groups is 1. The van der Waals surface area contributed by atoms with Crippen LogP contribution in [-0.4, -0.2) is 48.9 Å². The van der Waals surface area contributed by atoms with Gasteiger partial charge in [-0.05, 0) is 45.0 Å². The second-order valence-corrected chi connectivity index (χ2v) is 4.97. The molecule has 1 aliphatic rings. The minimum atomic E-state index is -0.340. The molecule has 4 nitrogen and oxygen atoms in total. The second kappa shape index (κ2) is 7.36. The van der Waals surface area contributed by atoms with E-state index in [-0.39, 0.29) is 6.10 Å². The number of para-hydroxylation sites is 2. The zero-order valence-corrected chi connectivity index (χ0v) is 11.6. The Balaban J connectivity index is 1.80. The number of benzene rings is 1. The van der Waals surface area contributed by atoms with Gasteiger partial charge in [0.05, 0.1) is 18.4 Å². The van der Waals surface area contributed by atoms with Crippen LogP contribution < -0.4 is 10.1 Å². The summed E-state index contributed by atoms with van der Waals surface area (Å²) in [6.07, 6.45) is 2.17. The summed E-state index contributed by atoms with van der Waals surface area (Å²) in [5, 5.41) is 13.3. The Bertz CT molecular complexity index is 378. The van der Waals surface area contributed by atoms with Crippen molar-refractivity contribution in [2.45, 2.75) is 25.9 Å². The molecule has 19 heavy (non-hydrogen) atoms. The van der Waals surface area contributed by atoms with Crippen molar-refractivity contribution in [3.63, 3.8) is 0 Å². The highest BCUT2D eigenvalue weighted by Gasteiger charge is 2.15. The van der Waals surface area contributed by atoms with E-state index in [2.05, 4.69) is 10.2 Å². The third-order valence-corrected chi connectivity index (χ3v) is 3.38. The van der Waals surface area contributed by atoms with Gasteiger partial charge in [-0.1, -0.05) is 12.1 Å². The number of nitrogens with one attached hydrogen (secondary N) is 1. The average Bonchev–Trinajstić information content (AvgIpc) is 2.91. The van der Waals surface area contributed by atoms with E-state index in [9.17, 15) is 5.11 Å². The molecule has 106 valence electrons. The maximum absolute atomic E-state index is 10.0. The highest BCUT2D eigenvalue weighted by molar-refractivity contribution is 5.56. The molecule has 1 fully saturated rings. The molecule has 1 saturated heterocycles. The number of likely N-dealkylation sites (tertiary alicyclic amines) is 1. The quantitative estimate of drug-likeness (QED) is 0.790. The maximum Gasteiger partial charge on any atom is 0.142 e. The summed E-state index contributed by atoms with van der Waals surface area (Å²) in [6.45, 7) is 6.16. The molecule has 1 heterocycles. The summed E-state index contributed by atoms with van der Waals surface area (Å²) in [6, 6.07) is 7.85. The number of nitrogens with zero attached hydrogens (tertiary/aromatic N) is 1.